The molecule has 0 bridgehead atoms. The van der Waals surface area contributed by atoms with Crippen LogP contribution in [-0.2, 0) is 0 Å². The number of hydrogen-bond acceptors (Lipinski definition) is 3. The molecule has 110 valence electrons. The van der Waals surface area contributed by atoms with Gasteiger partial charge in [0.1, 0.15) is 5.82 Å². The molecule has 0 N–H and O–H groups in total. The van der Waals surface area contributed by atoms with Gasteiger partial charge in [-0.15, -0.1) is 0 Å². The van der Waals surface area contributed by atoms with Gasteiger partial charge in [0, 0.05) is 24.0 Å². The van der Waals surface area contributed by atoms with Gasteiger partial charge in [0.2, 0.25) is 0 Å². The molecule has 0 aliphatic carbocycles. The Morgan fingerprint density at radius 2 is 1.59 bits per heavy atom. The summed E-state index contributed by atoms with van der Waals surface area (Å²) in [6, 6.07) is 16.8. The highest BCUT2D eigenvalue weighted by atomic mass is 15.2. The zero-order valence-electron chi connectivity index (χ0n) is 12.8. The zero-order valence-corrected chi connectivity index (χ0v) is 12.8. The molecule has 4 rings (SSSR count). The normalized spacial score (nSPS) is 14.7. The fraction of sp³-hybridized carbons (Fsp3) is 0.263. The minimum absolute atomic E-state index is 0.820. The van der Waals surface area contributed by atoms with E-state index in [1.807, 2.05) is 6.07 Å². The SMILES string of the molecule is Cc1ccc(-c2nc(N3CCCC3)c3ccccc3n2)cc1. The second kappa shape index (κ2) is 5.41. The number of hydrogen-bond donors (Lipinski definition) is 0. The van der Waals surface area contributed by atoms with Gasteiger partial charge in [-0.3, -0.25) is 0 Å². The quantitative estimate of drug-likeness (QED) is 0.708. The highest BCUT2D eigenvalue weighted by Crippen LogP contribution is 2.29. The van der Waals surface area contributed by atoms with Crippen molar-refractivity contribution in [1.29, 1.82) is 0 Å². The van der Waals surface area contributed by atoms with Gasteiger partial charge in [0.15, 0.2) is 5.82 Å². The van der Waals surface area contributed by atoms with E-state index in [0.29, 0.717) is 0 Å². The maximum Gasteiger partial charge on any atom is 0.162 e. The minimum atomic E-state index is 0.820. The van der Waals surface area contributed by atoms with Crippen molar-refractivity contribution in [3.63, 3.8) is 0 Å². The van der Waals surface area contributed by atoms with E-state index >= 15 is 0 Å². The van der Waals surface area contributed by atoms with Gasteiger partial charge in [0.25, 0.3) is 0 Å². The van der Waals surface area contributed by atoms with E-state index in [2.05, 4.69) is 54.3 Å². The van der Waals surface area contributed by atoms with Crippen molar-refractivity contribution in [2.24, 2.45) is 0 Å². The number of benzene rings is 2. The molecule has 1 aliphatic rings. The summed E-state index contributed by atoms with van der Waals surface area (Å²) in [5, 5.41) is 1.15. The third-order valence-electron chi connectivity index (χ3n) is 4.30. The number of fused-ring (bicyclic) bond motifs is 1. The molecule has 2 aromatic carbocycles. The largest absolute Gasteiger partial charge is 0.356 e. The van der Waals surface area contributed by atoms with Gasteiger partial charge >= 0.3 is 0 Å². The zero-order chi connectivity index (χ0) is 14.9. The number of rotatable bonds is 2. The van der Waals surface area contributed by atoms with Crippen LogP contribution >= 0.6 is 0 Å². The molecule has 1 aromatic heterocycles. The Bertz CT molecular complexity index is 803. The standard InChI is InChI=1S/C19H19N3/c1-14-8-10-15(11-9-14)18-20-17-7-3-2-6-16(17)19(21-18)22-12-4-5-13-22/h2-3,6-11H,4-5,12-13H2,1H3. The Morgan fingerprint density at radius 3 is 2.36 bits per heavy atom. The summed E-state index contributed by atoms with van der Waals surface area (Å²) in [5.41, 5.74) is 3.36. The summed E-state index contributed by atoms with van der Waals surface area (Å²) in [5.74, 6) is 1.90. The third kappa shape index (κ3) is 2.33. The van der Waals surface area contributed by atoms with Gasteiger partial charge in [-0.05, 0) is 31.9 Å². The lowest BCUT2D eigenvalue weighted by molar-refractivity contribution is 0.941. The average molecular weight is 289 g/mol. The van der Waals surface area contributed by atoms with Gasteiger partial charge < -0.3 is 4.90 Å². The van der Waals surface area contributed by atoms with Crippen LogP contribution < -0.4 is 4.90 Å². The van der Waals surface area contributed by atoms with E-state index < -0.39 is 0 Å². The Morgan fingerprint density at radius 1 is 0.864 bits per heavy atom. The van der Waals surface area contributed by atoms with Gasteiger partial charge in [-0.25, -0.2) is 9.97 Å². The number of nitrogens with zero attached hydrogens (tertiary/aromatic N) is 3. The van der Waals surface area contributed by atoms with Crippen LogP contribution in [0.15, 0.2) is 48.5 Å². The Balaban J connectivity index is 1.90. The number of aryl methyl sites for hydroxylation is 1. The first-order valence-corrected chi connectivity index (χ1v) is 7.90. The summed E-state index contributed by atoms with van der Waals surface area (Å²) >= 11 is 0. The maximum atomic E-state index is 4.90. The molecule has 0 atom stereocenters. The van der Waals surface area contributed by atoms with E-state index in [1.54, 1.807) is 0 Å². The summed E-state index contributed by atoms with van der Waals surface area (Å²) in [4.78, 5) is 12.1. The molecule has 0 amide bonds. The molecule has 1 fully saturated rings. The molecular weight excluding hydrogens is 270 g/mol. The number of anilines is 1. The molecule has 1 aliphatic heterocycles. The molecule has 1 saturated heterocycles. The Kier molecular flexibility index (Phi) is 3.26. The lowest BCUT2D eigenvalue weighted by Gasteiger charge is -2.19. The lowest BCUT2D eigenvalue weighted by atomic mass is 10.1. The number of aromatic nitrogens is 2. The van der Waals surface area contributed by atoms with Crippen LogP contribution in [0.25, 0.3) is 22.3 Å². The molecule has 3 aromatic rings. The summed E-state index contributed by atoms with van der Waals surface area (Å²) in [6.07, 6.45) is 2.50. The number of para-hydroxylation sites is 1. The summed E-state index contributed by atoms with van der Waals surface area (Å²) in [7, 11) is 0. The highest BCUT2D eigenvalue weighted by molar-refractivity contribution is 5.91. The monoisotopic (exact) mass is 289 g/mol. The molecule has 2 heterocycles. The molecule has 3 heteroatoms. The van der Waals surface area contributed by atoms with Crippen LogP contribution in [0.5, 0.6) is 0 Å². The fourth-order valence-corrected chi connectivity index (χ4v) is 3.06. The van der Waals surface area contributed by atoms with Crippen molar-refractivity contribution in [1.82, 2.24) is 9.97 Å². The minimum Gasteiger partial charge on any atom is -0.356 e. The summed E-state index contributed by atoms with van der Waals surface area (Å²) in [6.45, 7) is 4.28. The van der Waals surface area contributed by atoms with Crippen molar-refractivity contribution in [2.45, 2.75) is 19.8 Å². The predicted molar refractivity (Wildman–Crippen MR) is 91.2 cm³/mol. The topological polar surface area (TPSA) is 29.0 Å². The maximum absolute atomic E-state index is 4.90. The fourth-order valence-electron chi connectivity index (χ4n) is 3.06. The van der Waals surface area contributed by atoms with Gasteiger partial charge in [-0.2, -0.15) is 0 Å². The molecule has 22 heavy (non-hydrogen) atoms. The third-order valence-corrected chi connectivity index (χ3v) is 4.30. The van der Waals surface area contributed by atoms with E-state index in [0.717, 1.165) is 41.2 Å². The molecular formula is C19H19N3. The van der Waals surface area contributed by atoms with Crippen molar-refractivity contribution in [3.8, 4) is 11.4 Å². The van der Waals surface area contributed by atoms with Crippen LogP contribution in [0.1, 0.15) is 18.4 Å². The second-order valence-corrected chi connectivity index (χ2v) is 5.95. The van der Waals surface area contributed by atoms with E-state index in [4.69, 9.17) is 9.97 Å². The first kappa shape index (κ1) is 13.3. The van der Waals surface area contributed by atoms with Crippen LogP contribution in [0, 0.1) is 6.92 Å². The van der Waals surface area contributed by atoms with Crippen molar-refractivity contribution < 1.29 is 0 Å². The van der Waals surface area contributed by atoms with E-state index in [-0.39, 0.29) is 0 Å². The van der Waals surface area contributed by atoms with E-state index in [1.165, 1.54) is 18.4 Å². The molecule has 0 spiro atoms. The lowest BCUT2D eigenvalue weighted by Crippen LogP contribution is -2.19. The van der Waals surface area contributed by atoms with Crippen LogP contribution in [0.3, 0.4) is 0 Å². The smallest absolute Gasteiger partial charge is 0.162 e. The van der Waals surface area contributed by atoms with E-state index in [9.17, 15) is 0 Å². The van der Waals surface area contributed by atoms with Crippen molar-refractivity contribution >= 4 is 16.7 Å². The Hall–Kier alpha value is -2.42. The van der Waals surface area contributed by atoms with Gasteiger partial charge in [-0.1, -0.05) is 42.0 Å². The van der Waals surface area contributed by atoms with Crippen LogP contribution in [0.4, 0.5) is 5.82 Å². The Labute approximate surface area is 130 Å². The molecule has 3 nitrogen and oxygen atoms in total. The summed E-state index contributed by atoms with van der Waals surface area (Å²) < 4.78 is 0. The molecule has 0 radical (unpaired) electrons. The molecule has 0 unspecified atom stereocenters. The van der Waals surface area contributed by atoms with Crippen LogP contribution in [0.2, 0.25) is 0 Å². The average Bonchev–Trinajstić information content (AvgIpc) is 3.09. The molecule has 0 saturated carbocycles. The first-order chi connectivity index (χ1) is 10.8. The van der Waals surface area contributed by atoms with Gasteiger partial charge in [0.05, 0.1) is 5.52 Å². The van der Waals surface area contributed by atoms with Crippen LogP contribution in [-0.4, -0.2) is 23.1 Å². The van der Waals surface area contributed by atoms with Crippen molar-refractivity contribution in [2.75, 3.05) is 18.0 Å². The first-order valence-electron chi connectivity index (χ1n) is 7.90. The highest BCUT2D eigenvalue weighted by Gasteiger charge is 2.18. The van der Waals surface area contributed by atoms with Crippen molar-refractivity contribution in [3.05, 3.63) is 54.1 Å². The second-order valence-electron chi connectivity index (χ2n) is 5.95. The predicted octanol–water partition coefficient (Wildman–Crippen LogP) is 4.21.